The van der Waals surface area contributed by atoms with Crippen molar-refractivity contribution in [2.45, 2.75) is 63.5 Å². The molecule has 2 heteroatoms. The molecule has 3 rings (SSSR count). The van der Waals surface area contributed by atoms with Gasteiger partial charge in [0.25, 0.3) is 0 Å². The van der Waals surface area contributed by atoms with E-state index >= 15 is 0 Å². The van der Waals surface area contributed by atoms with Gasteiger partial charge in [0.1, 0.15) is 0 Å². The van der Waals surface area contributed by atoms with Crippen molar-refractivity contribution < 1.29 is 0 Å². The molecule has 3 atom stereocenters. The van der Waals surface area contributed by atoms with E-state index in [0.29, 0.717) is 0 Å². The van der Waals surface area contributed by atoms with E-state index in [-0.39, 0.29) is 0 Å². The third-order valence-corrected chi connectivity index (χ3v) is 5.32. The molecule has 98 valence electrons. The summed E-state index contributed by atoms with van der Waals surface area (Å²) in [6.45, 7) is 2.54. The summed E-state index contributed by atoms with van der Waals surface area (Å²) in [5, 5.41) is 3.86. The fraction of sp³-hybridized carbons (Fsp3) is 1.00. The molecule has 0 aromatic rings. The molecule has 0 radical (unpaired) electrons. The van der Waals surface area contributed by atoms with Gasteiger partial charge < -0.3 is 10.2 Å². The Morgan fingerprint density at radius 2 is 1.88 bits per heavy atom. The highest BCUT2D eigenvalue weighted by atomic mass is 15.2. The number of hydrogen-bond donors (Lipinski definition) is 1. The van der Waals surface area contributed by atoms with Crippen LogP contribution in [-0.2, 0) is 0 Å². The molecule has 3 fully saturated rings. The molecule has 1 N–H and O–H groups in total. The number of nitrogens with one attached hydrogen (secondary N) is 1. The number of hydrogen-bond acceptors (Lipinski definition) is 2. The highest BCUT2D eigenvalue weighted by Gasteiger charge is 2.34. The lowest BCUT2D eigenvalue weighted by atomic mass is 9.82. The molecule has 0 amide bonds. The minimum atomic E-state index is 0.816. The van der Waals surface area contributed by atoms with Crippen molar-refractivity contribution in [2.24, 2.45) is 11.8 Å². The SMILES string of the molecule is CN1CCCC1CNC1CCCC(C2CC2)C1. The normalized spacial score (nSPS) is 39.7. The van der Waals surface area contributed by atoms with Gasteiger partial charge in [-0.3, -0.25) is 0 Å². The molecule has 0 aromatic carbocycles. The molecule has 3 unspecified atom stereocenters. The molecule has 17 heavy (non-hydrogen) atoms. The Balaban J connectivity index is 1.41. The second-order valence-corrected chi connectivity index (χ2v) is 6.65. The fourth-order valence-corrected chi connectivity index (χ4v) is 3.95. The summed E-state index contributed by atoms with van der Waals surface area (Å²) in [4.78, 5) is 2.54. The van der Waals surface area contributed by atoms with Crippen LogP contribution in [0.15, 0.2) is 0 Å². The third-order valence-electron chi connectivity index (χ3n) is 5.32. The second kappa shape index (κ2) is 5.27. The first-order chi connectivity index (χ1) is 8.33. The molecule has 2 nitrogen and oxygen atoms in total. The van der Waals surface area contributed by atoms with Crippen LogP contribution < -0.4 is 5.32 Å². The lowest BCUT2D eigenvalue weighted by Crippen LogP contribution is -2.42. The predicted octanol–water partition coefficient (Wildman–Crippen LogP) is 2.64. The summed E-state index contributed by atoms with van der Waals surface area (Å²) in [5.41, 5.74) is 0. The number of rotatable bonds is 4. The fourth-order valence-electron chi connectivity index (χ4n) is 3.95. The minimum Gasteiger partial charge on any atom is -0.312 e. The van der Waals surface area contributed by atoms with Crippen molar-refractivity contribution in [1.29, 1.82) is 0 Å². The second-order valence-electron chi connectivity index (χ2n) is 6.65. The highest BCUT2D eigenvalue weighted by molar-refractivity contribution is 4.89. The Bertz CT molecular complexity index is 249. The number of nitrogens with zero attached hydrogens (tertiary/aromatic N) is 1. The summed E-state index contributed by atoms with van der Waals surface area (Å²) in [5.74, 6) is 2.19. The maximum atomic E-state index is 3.86. The molecular weight excluding hydrogens is 208 g/mol. The van der Waals surface area contributed by atoms with Crippen molar-refractivity contribution in [3.05, 3.63) is 0 Å². The van der Waals surface area contributed by atoms with E-state index in [9.17, 15) is 0 Å². The topological polar surface area (TPSA) is 15.3 Å². The molecule has 0 aromatic heterocycles. The van der Waals surface area contributed by atoms with Gasteiger partial charge in [-0.05, 0) is 64.0 Å². The summed E-state index contributed by atoms with van der Waals surface area (Å²) in [6, 6.07) is 1.65. The van der Waals surface area contributed by atoms with Crippen LogP contribution in [0.5, 0.6) is 0 Å². The van der Waals surface area contributed by atoms with Crippen LogP contribution in [-0.4, -0.2) is 37.1 Å². The maximum absolute atomic E-state index is 3.86. The van der Waals surface area contributed by atoms with Gasteiger partial charge in [-0.1, -0.05) is 12.8 Å². The molecule has 1 heterocycles. The third kappa shape index (κ3) is 3.03. The first kappa shape index (κ1) is 12.0. The largest absolute Gasteiger partial charge is 0.312 e. The van der Waals surface area contributed by atoms with E-state index < -0.39 is 0 Å². The van der Waals surface area contributed by atoms with Crippen molar-refractivity contribution >= 4 is 0 Å². The Hall–Kier alpha value is -0.0800. The van der Waals surface area contributed by atoms with Gasteiger partial charge in [0, 0.05) is 18.6 Å². The zero-order valence-electron chi connectivity index (χ0n) is 11.3. The van der Waals surface area contributed by atoms with Crippen molar-refractivity contribution in [3.63, 3.8) is 0 Å². The lowest BCUT2D eigenvalue weighted by Gasteiger charge is -2.31. The Morgan fingerprint density at radius 3 is 2.59 bits per heavy atom. The van der Waals surface area contributed by atoms with Crippen LogP contribution in [0, 0.1) is 11.8 Å². The number of likely N-dealkylation sites (N-methyl/N-ethyl adjacent to an activating group) is 1. The van der Waals surface area contributed by atoms with Gasteiger partial charge in [0.2, 0.25) is 0 Å². The van der Waals surface area contributed by atoms with Gasteiger partial charge in [0.15, 0.2) is 0 Å². The van der Waals surface area contributed by atoms with Crippen LogP contribution >= 0.6 is 0 Å². The van der Waals surface area contributed by atoms with Gasteiger partial charge in [-0.25, -0.2) is 0 Å². The summed E-state index contributed by atoms with van der Waals surface area (Å²) < 4.78 is 0. The first-order valence-corrected chi connectivity index (χ1v) is 7.76. The van der Waals surface area contributed by atoms with Crippen molar-refractivity contribution in [2.75, 3.05) is 20.1 Å². The van der Waals surface area contributed by atoms with Gasteiger partial charge in [0.05, 0.1) is 0 Å². The summed E-state index contributed by atoms with van der Waals surface area (Å²) in [7, 11) is 2.28. The first-order valence-electron chi connectivity index (χ1n) is 7.76. The van der Waals surface area contributed by atoms with Gasteiger partial charge >= 0.3 is 0 Å². The predicted molar refractivity (Wildman–Crippen MR) is 72.1 cm³/mol. The summed E-state index contributed by atoms with van der Waals surface area (Å²) >= 11 is 0. The van der Waals surface area contributed by atoms with Crippen LogP contribution in [0.3, 0.4) is 0 Å². The van der Waals surface area contributed by atoms with Crippen LogP contribution in [0.4, 0.5) is 0 Å². The van der Waals surface area contributed by atoms with Gasteiger partial charge in [-0.2, -0.15) is 0 Å². The standard InChI is InChI=1S/C15H28N2/c1-17-9-3-6-15(17)11-16-14-5-2-4-13(10-14)12-7-8-12/h12-16H,2-11H2,1H3. The molecule has 1 aliphatic heterocycles. The molecule has 2 aliphatic carbocycles. The molecule has 0 bridgehead atoms. The van der Waals surface area contributed by atoms with Crippen LogP contribution in [0.25, 0.3) is 0 Å². The van der Waals surface area contributed by atoms with E-state index in [2.05, 4.69) is 17.3 Å². The van der Waals surface area contributed by atoms with Crippen LogP contribution in [0.1, 0.15) is 51.4 Å². The van der Waals surface area contributed by atoms with E-state index in [1.807, 2.05) is 0 Å². The minimum absolute atomic E-state index is 0.816. The smallest absolute Gasteiger partial charge is 0.0218 e. The molecule has 1 saturated heterocycles. The van der Waals surface area contributed by atoms with E-state index in [0.717, 1.165) is 23.9 Å². The maximum Gasteiger partial charge on any atom is 0.0218 e. The quantitative estimate of drug-likeness (QED) is 0.807. The molecular formula is C15H28N2. The summed E-state index contributed by atoms with van der Waals surface area (Å²) in [6.07, 6.45) is 11.8. The average Bonchev–Trinajstić information content (AvgIpc) is 3.12. The van der Waals surface area contributed by atoms with E-state index in [1.54, 1.807) is 0 Å². The monoisotopic (exact) mass is 236 g/mol. The Kier molecular flexibility index (Phi) is 3.72. The van der Waals surface area contributed by atoms with Gasteiger partial charge in [-0.15, -0.1) is 0 Å². The highest BCUT2D eigenvalue weighted by Crippen LogP contribution is 2.43. The van der Waals surface area contributed by atoms with Crippen LogP contribution in [0.2, 0.25) is 0 Å². The van der Waals surface area contributed by atoms with E-state index in [1.165, 1.54) is 64.5 Å². The zero-order chi connectivity index (χ0) is 11.7. The Morgan fingerprint density at radius 1 is 1.00 bits per heavy atom. The average molecular weight is 236 g/mol. The Labute approximate surface area is 106 Å². The van der Waals surface area contributed by atoms with Crippen molar-refractivity contribution in [3.8, 4) is 0 Å². The van der Waals surface area contributed by atoms with E-state index in [4.69, 9.17) is 0 Å². The van der Waals surface area contributed by atoms with Crippen molar-refractivity contribution in [1.82, 2.24) is 10.2 Å². The molecule has 0 spiro atoms. The number of likely N-dealkylation sites (tertiary alicyclic amines) is 1. The molecule has 3 aliphatic rings. The zero-order valence-corrected chi connectivity index (χ0v) is 11.3. The lowest BCUT2D eigenvalue weighted by molar-refractivity contribution is 0.236. The molecule has 2 saturated carbocycles.